The zero-order chi connectivity index (χ0) is 12.4. The molecule has 0 aliphatic heterocycles. The fourth-order valence-electron chi connectivity index (χ4n) is 1.18. The van der Waals surface area contributed by atoms with Crippen LogP contribution in [0.15, 0.2) is 18.3 Å². The van der Waals surface area contributed by atoms with Crippen LogP contribution >= 0.6 is 34.5 Å². The van der Waals surface area contributed by atoms with Gasteiger partial charge in [0, 0.05) is 16.6 Å². The molecule has 0 atom stereocenters. The average molecular weight is 288 g/mol. The second kappa shape index (κ2) is 5.00. The van der Waals surface area contributed by atoms with Gasteiger partial charge in [-0.1, -0.05) is 23.2 Å². The first-order valence-corrected chi connectivity index (χ1v) is 6.19. The topological polar surface area (TPSA) is 54.9 Å². The minimum Gasteiger partial charge on any atom is -0.298 e. The Morgan fingerprint density at radius 1 is 1.35 bits per heavy atom. The summed E-state index contributed by atoms with van der Waals surface area (Å²) in [5, 5.41) is 3.55. The largest absolute Gasteiger partial charge is 0.298 e. The monoisotopic (exact) mass is 287 g/mol. The highest BCUT2D eigenvalue weighted by molar-refractivity contribution is 7.15. The molecule has 0 radical (unpaired) electrons. The lowest BCUT2D eigenvalue weighted by Gasteiger charge is -2.02. The van der Waals surface area contributed by atoms with Crippen molar-refractivity contribution in [2.24, 2.45) is 0 Å². The Morgan fingerprint density at radius 2 is 2.00 bits per heavy atom. The molecule has 1 amide bonds. The molecule has 0 saturated heterocycles. The van der Waals surface area contributed by atoms with Gasteiger partial charge >= 0.3 is 0 Å². The molecule has 0 aliphatic rings. The second-order valence-electron chi connectivity index (χ2n) is 3.23. The lowest BCUT2D eigenvalue weighted by atomic mass is 10.2. The number of nitrogens with one attached hydrogen (secondary N) is 1. The highest BCUT2D eigenvalue weighted by Gasteiger charge is 2.10. The number of carbonyl (C=O) groups is 1. The average Bonchev–Trinajstić information content (AvgIpc) is 2.62. The first kappa shape index (κ1) is 12.3. The van der Waals surface area contributed by atoms with E-state index >= 15 is 0 Å². The van der Waals surface area contributed by atoms with Gasteiger partial charge in [-0.3, -0.25) is 10.1 Å². The van der Waals surface area contributed by atoms with E-state index in [0.29, 0.717) is 10.7 Å². The van der Waals surface area contributed by atoms with Gasteiger partial charge in [0.1, 0.15) is 10.3 Å². The number of amides is 1. The molecule has 0 bridgehead atoms. The van der Waals surface area contributed by atoms with E-state index in [4.69, 9.17) is 23.2 Å². The number of aryl methyl sites for hydroxylation is 1. The molecule has 0 fully saturated rings. The maximum absolute atomic E-state index is 11.8. The molecule has 0 unspecified atom stereocenters. The van der Waals surface area contributed by atoms with Gasteiger partial charge in [-0.15, -0.1) is 11.3 Å². The number of thiazole rings is 1. The molecule has 2 aromatic heterocycles. The third-order valence-corrected chi connectivity index (χ3v) is 3.08. The zero-order valence-corrected chi connectivity index (χ0v) is 11.0. The normalized spacial score (nSPS) is 10.3. The van der Waals surface area contributed by atoms with Crippen LogP contribution in [0, 0.1) is 6.92 Å². The molecule has 4 nitrogen and oxygen atoms in total. The van der Waals surface area contributed by atoms with Crippen LogP contribution in [0.4, 0.5) is 5.13 Å². The van der Waals surface area contributed by atoms with Gasteiger partial charge in [-0.05, 0) is 19.1 Å². The second-order valence-corrected chi connectivity index (χ2v) is 5.24. The van der Waals surface area contributed by atoms with E-state index in [1.807, 2.05) is 6.92 Å². The predicted molar refractivity (Wildman–Crippen MR) is 69.1 cm³/mol. The fraction of sp³-hybridized carbons (Fsp3) is 0.100. The van der Waals surface area contributed by atoms with Gasteiger partial charge in [-0.2, -0.15) is 0 Å². The van der Waals surface area contributed by atoms with Gasteiger partial charge in [0.05, 0.1) is 0 Å². The molecule has 0 spiro atoms. The third kappa shape index (κ3) is 3.15. The summed E-state index contributed by atoms with van der Waals surface area (Å²) in [4.78, 5) is 20.7. The number of aromatic nitrogens is 2. The van der Waals surface area contributed by atoms with Crippen molar-refractivity contribution in [3.63, 3.8) is 0 Å². The summed E-state index contributed by atoms with van der Waals surface area (Å²) in [6.07, 6.45) is 1.69. The summed E-state index contributed by atoms with van der Waals surface area (Å²) in [5.74, 6) is -0.314. The molecule has 0 saturated carbocycles. The molecular weight excluding hydrogens is 281 g/mol. The number of hydrogen-bond acceptors (Lipinski definition) is 4. The van der Waals surface area contributed by atoms with Crippen LogP contribution in [0.25, 0.3) is 0 Å². The van der Waals surface area contributed by atoms with Crippen LogP contribution in [-0.2, 0) is 0 Å². The lowest BCUT2D eigenvalue weighted by molar-refractivity contribution is 0.102. The van der Waals surface area contributed by atoms with Gasteiger partial charge in [0.25, 0.3) is 5.91 Å². The third-order valence-electron chi connectivity index (χ3n) is 1.87. The van der Waals surface area contributed by atoms with E-state index in [-0.39, 0.29) is 16.2 Å². The summed E-state index contributed by atoms with van der Waals surface area (Å²) in [6, 6.07) is 2.90. The van der Waals surface area contributed by atoms with Gasteiger partial charge in [-0.25, -0.2) is 9.97 Å². The Labute approximate surface area is 112 Å². The Balaban J connectivity index is 2.19. The van der Waals surface area contributed by atoms with E-state index < -0.39 is 0 Å². The van der Waals surface area contributed by atoms with E-state index in [1.165, 1.54) is 23.5 Å². The number of halogens is 2. The predicted octanol–water partition coefficient (Wildman–Crippen LogP) is 3.41. The van der Waals surface area contributed by atoms with Crippen molar-refractivity contribution in [1.82, 2.24) is 9.97 Å². The smallest absolute Gasteiger partial charge is 0.257 e. The SMILES string of the molecule is Cc1cnc(NC(=O)c2cc(Cl)nc(Cl)c2)s1. The Kier molecular flexibility index (Phi) is 3.61. The Bertz CT molecular complexity index is 550. The van der Waals surface area contributed by atoms with Crippen molar-refractivity contribution >= 4 is 45.6 Å². The molecule has 17 heavy (non-hydrogen) atoms. The van der Waals surface area contributed by atoms with Gasteiger partial charge < -0.3 is 0 Å². The molecule has 0 aromatic carbocycles. The van der Waals surface area contributed by atoms with Crippen molar-refractivity contribution in [1.29, 1.82) is 0 Å². The number of nitrogens with zero attached hydrogens (tertiary/aromatic N) is 2. The minimum atomic E-state index is -0.314. The summed E-state index contributed by atoms with van der Waals surface area (Å²) in [7, 11) is 0. The number of rotatable bonds is 2. The van der Waals surface area contributed by atoms with Crippen molar-refractivity contribution in [3.8, 4) is 0 Å². The first-order chi connectivity index (χ1) is 8.04. The van der Waals surface area contributed by atoms with Crippen LogP contribution in [0.3, 0.4) is 0 Å². The number of carbonyl (C=O) groups excluding carboxylic acids is 1. The number of pyridine rings is 1. The quantitative estimate of drug-likeness (QED) is 0.862. The zero-order valence-electron chi connectivity index (χ0n) is 8.70. The van der Waals surface area contributed by atoms with Crippen molar-refractivity contribution in [2.45, 2.75) is 6.92 Å². The van der Waals surface area contributed by atoms with Crippen LogP contribution in [0.5, 0.6) is 0 Å². The molecular formula is C10H7Cl2N3OS. The first-order valence-electron chi connectivity index (χ1n) is 4.61. The van der Waals surface area contributed by atoms with E-state index in [0.717, 1.165) is 4.88 Å². The number of hydrogen-bond donors (Lipinski definition) is 1. The standard InChI is InChI=1S/C10H7Cl2N3OS/c1-5-4-13-10(17-5)15-9(16)6-2-7(11)14-8(12)3-6/h2-4H,1H3,(H,13,15,16). The van der Waals surface area contributed by atoms with E-state index in [2.05, 4.69) is 15.3 Å². The number of anilines is 1. The molecule has 88 valence electrons. The fourth-order valence-corrected chi connectivity index (χ4v) is 2.30. The minimum absolute atomic E-state index is 0.179. The molecule has 2 rings (SSSR count). The van der Waals surface area contributed by atoms with Gasteiger partial charge in [0.15, 0.2) is 5.13 Å². The van der Waals surface area contributed by atoms with Crippen molar-refractivity contribution in [2.75, 3.05) is 5.32 Å². The summed E-state index contributed by atoms with van der Waals surface area (Å²) >= 11 is 12.8. The van der Waals surface area contributed by atoms with Crippen molar-refractivity contribution < 1.29 is 4.79 Å². The Morgan fingerprint density at radius 3 is 2.53 bits per heavy atom. The lowest BCUT2D eigenvalue weighted by Crippen LogP contribution is -2.11. The van der Waals surface area contributed by atoms with E-state index in [9.17, 15) is 4.79 Å². The summed E-state index contributed by atoms with van der Waals surface area (Å²) in [6.45, 7) is 1.91. The Hall–Kier alpha value is -1.17. The molecule has 7 heteroatoms. The molecule has 1 N–H and O–H groups in total. The molecule has 0 aliphatic carbocycles. The molecule has 2 aromatic rings. The maximum Gasteiger partial charge on any atom is 0.257 e. The molecule has 2 heterocycles. The van der Waals surface area contributed by atoms with E-state index in [1.54, 1.807) is 6.20 Å². The summed E-state index contributed by atoms with van der Waals surface area (Å²) < 4.78 is 0. The highest BCUT2D eigenvalue weighted by atomic mass is 35.5. The highest BCUT2D eigenvalue weighted by Crippen LogP contribution is 2.19. The van der Waals surface area contributed by atoms with Crippen LogP contribution < -0.4 is 5.32 Å². The maximum atomic E-state index is 11.8. The van der Waals surface area contributed by atoms with Crippen molar-refractivity contribution in [3.05, 3.63) is 39.1 Å². The van der Waals surface area contributed by atoms with Crippen LogP contribution in [0.2, 0.25) is 10.3 Å². The van der Waals surface area contributed by atoms with Crippen LogP contribution in [-0.4, -0.2) is 15.9 Å². The van der Waals surface area contributed by atoms with Crippen LogP contribution in [0.1, 0.15) is 15.2 Å². The van der Waals surface area contributed by atoms with Gasteiger partial charge in [0.2, 0.25) is 0 Å². The summed E-state index contributed by atoms with van der Waals surface area (Å²) in [5.41, 5.74) is 0.350.